The highest BCUT2D eigenvalue weighted by atomic mass is 14.0. The molecule has 0 heterocycles. The Bertz CT molecular complexity index is 281. The second-order valence-corrected chi connectivity index (χ2v) is 3.77. The van der Waals surface area contributed by atoms with E-state index in [4.69, 9.17) is 0 Å². The Kier molecular flexibility index (Phi) is 4.47. The molecule has 0 saturated carbocycles. The van der Waals surface area contributed by atoms with E-state index in [1.54, 1.807) is 0 Å². The highest BCUT2D eigenvalue weighted by molar-refractivity contribution is 5.44. The molecular weight excluding hydrogens is 156 g/mol. The van der Waals surface area contributed by atoms with E-state index < -0.39 is 0 Å². The fraction of sp³-hybridized carbons (Fsp3) is 0.385. The predicted molar refractivity (Wildman–Crippen MR) is 61.8 cm³/mol. The largest absolute Gasteiger partial charge is 0.0955 e. The third-order valence-corrected chi connectivity index (χ3v) is 2.21. The molecule has 0 amide bonds. The molecule has 0 bridgehead atoms. The first kappa shape index (κ1) is 12.0. The Morgan fingerprint density at radius 3 is 1.69 bits per heavy atom. The quantitative estimate of drug-likeness (QED) is 0.558. The van der Waals surface area contributed by atoms with Gasteiger partial charge < -0.3 is 0 Å². The molecule has 0 spiro atoms. The van der Waals surface area contributed by atoms with Gasteiger partial charge in [0.25, 0.3) is 0 Å². The first-order chi connectivity index (χ1) is 5.86. The minimum absolute atomic E-state index is 1.04. The Morgan fingerprint density at radius 1 is 0.923 bits per heavy atom. The maximum absolute atomic E-state index is 3.98. The lowest BCUT2D eigenvalue weighted by molar-refractivity contribution is 1.26. The SMILES string of the molecule is C=C(C)C(=C)/C(C)=C\C(C)=C(C)C. The lowest BCUT2D eigenvalue weighted by Gasteiger charge is -2.06. The van der Waals surface area contributed by atoms with Crippen molar-refractivity contribution in [2.75, 3.05) is 0 Å². The normalized spacial score (nSPS) is 11.0. The van der Waals surface area contributed by atoms with Crippen LogP contribution in [0.3, 0.4) is 0 Å². The van der Waals surface area contributed by atoms with Crippen molar-refractivity contribution >= 4 is 0 Å². The Hall–Kier alpha value is -1.04. The van der Waals surface area contributed by atoms with Crippen LogP contribution in [0.2, 0.25) is 0 Å². The van der Waals surface area contributed by atoms with E-state index in [2.05, 4.69) is 46.9 Å². The first-order valence-electron chi connectivity index (χ1n) is 4.53. The standard InChI is InChI=1S/C13H20/c1-9(2)11(5)8-12(6)13(7)10(3)4/h8H,3,7H2,1-2,4-6H3/b12-8-. The van der Waals surface area contributed by atoms with Gasteiger partial charge in [-0.3, -0.25) is 0 Å². The van der Waals surface area contributed by atoms with Gasteiger partial charge in [-0.1, -0.05) is 36.0 Å². The summed E-state index contributed by atoms with van der Waals surface area (Å²) in [5.41, 5.74) is 5.93. The van der Waals surface area contributed by atoms with Crippen molar-refractivity contribution in [2.24, 2.45) is 0 Å². The van der Waals surface area contributed by atoms with Gasteiger partial charge in [0.05, 0.1) is 0 Å². The molecule has 13 heavy (non-hydrogen) atoms. The molecule has 0 N–H and O–H groups in total. The van der Waals surface area contributed by atoms with Crippen LogP contribution in [0.4, 0.5) is 0 Å². The zero-order valence-electron chi connectivity index (χ0n) is 9.49. The summed E-state index contributed by atoms with van der Waals surface area (Å²) >= 11 is 0. The van der Waals surface area contributed by atoms with Crippen LogP contribution in [0.5, 0.6) is 0 Å². The molecule has 0 saturated heterocycles. The smallest absolute Gasteiger partial charge is 0.0276 e. The molecule has 0 atom stereocenters. The highest BCUT2D eigenvalue weighted by Gasteiger charge is 1.97. The molecular formula is C13H20. The van der Waals surface area contributed by atoms with Gasteiger partial charge in [0.1, 0.15) is 0 Å². The Morgan fingerprint density at radius 2 is 1.38 bits per heavy atom. The summed E-state index contributed by atoms with van der Waals surface area (Å²) in [6, 6.07) is 0. The third kappa shape index (κ3) is 3.93. The molecule has 0 aliphatic heterocycles. The molecule has 0 aromatic carbocycles. The second-order valence-electron chi connectivity index (χ2n) is 3.77. The van der Waals surface area contributed by atoms with E-state index in [0.29, 0.717) is 0 Å². The summed E-state index contributed by atoms with van der Waals surface area (Å²) in [6.45, 7) is 18.2. The van der Waals surface area contributed by atoms with Crippen LogP contribution >= 0.6 is 0 Å². The molecule has 0 aliphatic carbocycles. The highest BCUT2D eigenvalue weighted by Crippen LogP contribution is 2.17. The van der Waals surface area contributed by atoms with Crippen molar-refractivity contribution in [3.63, 3.8) is 0 Å². The van der Waals surface area contributed by atoms with Crippen LogP contribution in [-0.4, -0.2) is 0 Å². The first-order valence-corrected chi connectivity index (χ1v) is 4.53. The van der Waals surface area contributed by atoms with Gasteiger partial charge in [-0.05, 0) is 45.8 Å². The Labute approximate surface area is 82.4 Å². The zero-order chi connectivity index (χ0) is 10.6. The van der Waals surface area contributed by atoms with Crippen molar-refractivity contribution in [3.05, 3.63) is 47.1 Å². The van der Waals surface area contributed by atoms with Crippen LogP contribution in [0, 0.1) is 0 Å². The maximum atomic E-state index is 3.98. The van der Waals surface area contributed by atoms with Crippen LogP contribution in [0.15, 0.2) is 47.1 Å². The molecule has 72 valence electrons. The molecule has 0 aromatic heterocycles. The minimum atomic E-state index is 1.04. The fourth-order valence-corrected chi connectivity index (χ4v) is 0.893. The summed E-state index contributed by atoms with van der Waals surface area (Å²) in [4.78, 5) is 0. The van der Waals surface area contributed by atoms with Crippen LogP contribution in [-0.2, 0) is 0 Å². The zero-order valence-corrected chi connectivity index (χ0v) is 9.49. The average molecular weight is 176 g/mol. The molecule has 0 nitrogen and oxygen atoms in total. The van der Waals surface area contributed by atoms with Crippen molar-refractivity contribution in [3.8, 4) is 0 Å². The number of rotatable bonds is 3. The molecule has 0 unspecified atom stereocenters. The average Bonchev–Trinajstić information content (AvgIpc) is 2.02. The van der Waals surface area contributed by atoms with Gasteiger partial charge in [0.15, 0.2) is 0 Å². The van der Waals surface area contributed by atoms with Crippen molar-refractivity contribution < 1.29 is 0 Å². The van der Waals surface area contributed by atoms with Crippen molar-refractivity contribution in [2.45, 2.75) is 34.6 Å². The number of allylic oxidation sites excluding steroid dienone is 6. The van der Waals surface area contributed by atoms with Crippen LogP contribution in [0.1, 0.15) is 34.6 Å². The topological polar surface area (TPSA) is 0 Å². The van der Waals surface area contributed by atoms with E-state index in [0.717, 1.165) is 11.1 Å². The van der Waals surface area contributed by atoms with Gasteiger partial charge in [0.2, 0.25) is 0 Å². The van der Waals surface area contributed by atoms with E-state index in [9.17, 15) is 0 Å². The van der Waals surface area contributed by atoms with E-state index in [1.807, 2.05) is 6.92 Å². The van der Waals surface area contributed by atoms with Gasteiger partial charge in [0, 0.05) is 0 Å². The Balaban J connectivity index is 4.80. The molecule has 0 heteroatoms. The molecule has 0 aromatic rings. The third-order valence-electron chi connectivity index (χ3n) is 2.21. The molecule has 0 fully saturated rings. The summed E-state index contributed by atoms with van der Waals surface area (Å²) in [6.07, 6.45) is 2.16. The lowest BCUT2D eigenvalue weighted by Crippen LogP contribution is -1.86. The number of hydrogen-bond acceptors (Lipinski definition) is 0. The summed E-state index contributed by atoms with van der Waals surface area (Å²) in [5, 5.41) is 0. The van der Waals surface area contributed by atoms with Gasteiger partial charge >= 0.3 is 0 Å². The summed E-state index contributed by atoms with van der Waals surface area (Å²) < 4.78 is 0. The lowest BCUT2D eigenvalue weighted by atomic mass is 10.0. The predicted octanol–water partition coefficient (Wildman–Crippen LogP) is 4.42. The number of hydrogen-bond donors (Lipinski definition) is 0. The molecule has 0 rings (SSSR count). The van der Waals surface area contributed by atoms with Crippen LogP contribution < -0.4 is 0 Å². The summed E-state index contributed by atoms with van der Waals surface area (Å²) in [5.74, 6) is 0. The van der Waals surface area contributed by atoms with E-state index >= 15 is 0 Å². The second kappa shape index (κ2) is 4.86. The minimum Gasteiger partial charge on any atom is -0.0955 e. The van der Waals surface area contributed by atoms with Gasteiger partial charge in [-0.25, -0.2) is 0 Å². The maximum Gasteiger partial charge on any atom is -0.0276 e. The van der Waals surface area contributed by atoms with Gasteiger partial charge in [-0.2, -0.15) is 0 Å². The van der Waals surface area contributed by atoms with Crippen molar-refractivity contribution in [1.82, 2.24) is 0 Å². The van der Waals surface area contributed by atoms with E-state index in [-0.39, 0.29) is 0 Å². The van der Waals surface area contributed by atoms with Crippen LogP contribution in [0.25, 0.3) is 0 Å². The van der Waals surface area contributed by atoms with Crippen molar-refractivity contribution in [1.29, 1.82) is 0 Å². The summed E-state index contributed by atoms with van der Waals surface area (Å²) in [7, 11) is 0. The fourth-order valence-electron chi connectivity index (χ4n) is 0.893. The molecule has 0 aliphatic rings. The van der Waals surface area contributed by atoms with Gasteiger partial charge in [-0.15, -0.1) is 0 Å². The van der Waals surface area contributed by atoms with E-state index in [1.165, 1.54) is 16.7 Å². The molecule has 0 radical (unpaired) electrons. The monoisotopic (exact) mass is 176 g/mol.